The van der Waals surface area contributed by atoms with E-state index in [9.17, 15) is 0 Å². The van der Waals surface area contributed by atoms with Crippen molar-refractivity contribution in [2.75, 3.05) is 24.7 Å². The van der Waals surface area contributed by atoms with Crippen LogP contribution in [0.4, 0.5) is 0 Å². The Kier molecular flexibility index (Phi) is 5.48. The van der Waals surface area contributed by atoms with Crippen molar-refractivity contribution in [2.24, 2.45) is 5.92 Å². The van der Waals surface area contributed by atoms with E-state index in [0.29, 0.717) is 6.04 Å². The SMILES string of the molecule is CCCNC(CC1CCSCC1)c1cccc2c1OCC2. The molecule has 1 fully saturated rings. The first kappa shape index (κ1) is 15.2. The first-order valence-electron chi connectivity index (χ1n) is 8.44. The Morgan fingerprint density at radius 1 is 1.33 bits per heavy atom. The van der Waals surface area contributed by atoms with Gasteiger partial charge in [0.05, 0.1) is 6.61 Å². The second-order valence-corrected chi connectivity index (χ2v) is 7.46. The number of fused-ring (bicyclic) bond motifs is 1. The molecular formula is C18H27NOS. The van der Waals surface area contributed by atoms with E-state index in [4.69, 9.17) is 4.74 Å². The van der Waals surface area contributed by atoms with E-state index < -0.39 is 0 Å². The molecule has 2 nitrogen and oxygen atoms in total. The highest BCUT2D eigenvalue weighted by Gasteiger charge is 2.25. The van der Waals surface area contributed by atoms with Gasteiger partial charge < -0.3 is 10.1 Å². The van der Waals surface area contributed by atoms with Crippen LogP contribution in [0, 0.1) is 5.92 Å². The van der Waals surface area contributed by atoms with Crippen LogP contribution in [-0.4, -0.2) is 24.7 Å². The van der Waals surface area contributed by atoms with Crippen LogP contribution in [0.1, 0.15) is 49.8 Å². The molecule has 3 heteroatoms. The van der Waals surface area contributed by atoms with Gasteiger partial charge in [-0.3, -0.25) is 0 Å². The summed E-state index contributed by atoms with van der Waals surface area (Å²) in [6.07, 6.45) is 6.28. The van der Waals surface area contributed by atoms with Crippen LogP contribution in [0.25, 0.3) is 0 Å². The van der Waals surface area contributed by atoms with Gasteiger partial charge >= 0.3 is 0 Å². The van der Waals surface area contributed by atoms with Crippen molar-refractivity contribution < 1.29 is 4.74 Å². The van der Waals surface area contributed by atoms with E-state index >= 15 is 0 Å². The quantitative estimate of drug-likeness (QED) is 0.851. The van der Waals surface area contributed by atoms with Crippen molar-refractivity contribution in [3.05, 3.63) is 29.3 Å². The van der Waals surface area contributed by atoms with Crippen LogP contribution in [0.2, 0.25) is 0 Å². The molecule has 1 saturated heterocycles. The highest BCUT2D eigenvalue weighted by molar-refractivity contribution is 7.99. The number of hydrogen-bond donors (Lipinski definition) is 1. The summed E-state index contributed by atoms with van der Waals surface area (Å²) >= 11 is 2.11. The molecule has 2 aliphatic heterocycles. The predicted molar refractivity (Wildman–Crippen MR) is 91.3 cm³/mol. The van der Waals surface area contributed by atoms with Gasteiger partial charge in [-0.25, -0.2) is 0 Å². The van der Waals surface area contributed by atoms with E-state index in [2.05, 4.69) is 42.2 Å². The summed E-state index contributed by atoms with van der Waals surface area (Å²) in [4.78, 5) is 0. The Hall–Kier alpha value is -0.670. The molecule has 1 N–H and O–H groups in total. The standard InChI is InChI=1S/C18H27NOS/c1-2-9-19-17(13-14-7-11-21-12-8-14)16-5-3-4-15-6-10-20-18(15)16/h3-5,14,17,19H,2,6-13H2,1H3. The summed E-state index contributed by atoms with van der Waals surface area (Å²) in [6.45, 7) is 4.19. The summed E-state index contributed by atoms with van der Waals surface area (Å²) < 4.78 is 5.94. The lowest BCUT2D eigenvalue weighted by molar-refractivity contribution is 0.332. The zero-order valence-corrected chi connectivity index (χ0v) is 13.9. The minimum Gasteiger partial charge on any atom is -0.493 e. The van der Waals surface area contributed by atoms with Gasteiger partial charge in [0.2, 0.25) is 0 Å². The van der Waals surface area contributed by atoms with E-state index in [-0.39, 0.29) is 0 Å². The fraction of sp³-hybridized carbons (Fsp3) is 0.667. The third kappa shape index (κ3) is 3.75. The van der Waals surface area contributed by atoms with Gasteiger partial charge in [0.25, 0.3) is 0 Å². The number of para-hydroxylation sites is 1. The molecule has 0 bridgehead atoms. The van der Waals surface area contributed by atoms with Crippen molar-refractivity contribution in [1.29, 1.82) is 0 Å². The van der Waals surface area contributed by atoms with Crippen LogP contribution < -0.4 is 10.1 Å². The van der Waals surface area contributed by atoms with E-state index in [1.54, 1.807) is 0 Å². The molecule has 0 saturated carbocycles. The van der Waals surface area contributed by atoms with Crippen molar-refractivity contribution in [3.63, 3.8) is 0 Å². The Bertz CT molecular complexity index is 457. The maximum atomic E-state index is 5.94. The van der Waals surface area contributed by atoms with Crippen LogP contribution in [0.15, 0.2) is 18.2 Å². The highest BCUT2D eigenvalue weighted by Crippen LogP contribution is 2.38. The number of benzene rings is 1. The highest BCUT2D eigenvalue weighted by atomic mass is 32.2. The van der Waals surface area contributed by atoms with Crippen molar-refractivity contribution in [3.8, 4) is 5.75 Å². The molecular weight excluding hydrogens is 278 g/mol. The molecule has 1 aromatic rings. The maximum Gasteiger partial charge on any atom is 0.127 e. The predicted octanol–water partition coefficient (Wildman–Crippen LogP) is 4.20. The Labute approximate surface area is 133 Å². The van der Waals surface area contributed by atoms with Gasteiger partial charge in [0.15, 0.2) is 0 Å². The summed E-state index contributed by atoms with van der Waals surface area (Å²) in [7, 11) is 0. The van der Waals surface area contributed by atoms with Crippen LogP contribution in [0.5, 0.6) is 5.75 Å². The van der Waals surface area contributed by atoms with Gasteiger partial charge in [0.1, 0.15) is 5.75 Å². The first-order valence-corrected chi connectivity index (χ1v) is 9.59. The van der Waals surface area contributed by atoms with Crippen molar-refractivity contribution in [1.82, 2.24) is 5.32 Å². The summed E-state index contributed by atoms with van der Waals surface area (Å²) in [5.74, 6) is 4.73. The molecule has 1 atom stereocenters. The molecule has 1 aromatic carbocycles. The molecule has 3 rings (SSSR count). The summed E-state index contributed by atoms with van der Waals surface area (Å²) in [5, 5.41) is 3.78. The van der Waals surface area contributed by atoms with Gasteiger partial charge in [-0.05, 0) is 55.2 Å². The van der Waals surface area contributed by atoms with Gasteiger partial charge in [-0.2, -0.15) is 11.8 Å². The monoisotopic (exact) mass is 305 g/mol. The van der Waals surface area contributed by atoms with Crippen LogP contribution in [-0.2, 0) is 6.42 Å². The zero-order valence-electron chi connectivity index (χ0n) is 13.1. The normalized spacial score (nSPS) is 20.0. The number of nitrogens with one attached hydrogen (secondary N) is 1. The fourth-order valence-electron chi connectivity index (χ4n) is 3.47. The Morgan fingerprint density at radius 2 is 2.19 bits per heavy atom. The Balaban J connectivity index is 1.76. The molecule has 0 amide bonds. The second kappa shape index (κ2) is 7.55. The van der Waals surface area contributed by atoms with E-state index in [1.165, 1.54) is 54.1 Å². The summed E-state index contributed by atoms with van der Waals surface area (Å²) in [6, 6.07) is 7.17. The third-order valence-corrected chi connectivity index (χ3v) is 5.72. The number of rotatable bonds is 6. The maximum absolute atomic E-state index is 5.94. The lowest BCUT2D eigenvalue weighted by Gasteiger charge is -2.28. The molecule has 0 radical (unpaired) electrons. The molecule has 0 spiro atoms. The zero-order chi connectivity index (χ0) is 14.5. The summed E-state index contributed by atoms with van der Waals surface area (Å²) in [5.41, 5.74) is 2.80. The van der Waals surface area contributed by atoms with Gasteiger partial charge in [-0.1, -0.05) is 25.1 Å². The Morgan fingerprint density at radius 3 is 3.00 bits per heavy atom. The van der Waals surface area contributed by atoms with E-state index in [0.717, 1.165) is 25.5 Å². The van der Waals surface area contributed by atoms with Crippen LogP contribution in [0.3, 0.4) is 0 Å². The topological polar surface area (TPSA) is 21.3 Å². The largest absolute Gasteiger partial charge is 0.493 e. The molecule has 116 valence electrons. The minimum absolute atomic E-state index is 0.464. The van der Waals surface area contributed by atoms with Gasteiger partial charge in [-0.15, -0.1) is 0 Å². The van der Waals surface area contributed by atoms with Crippen LogP contribution >= 0.6 is 11.8 Å². The molecule has 0 aromatic heterocycles. The first-order chi connectivity index (χ1) is 10.4. The smallest absolute Gasteiger partial charge is 0.127 e. The van der Waals surface area contributed by atoms with Crippen molar-refractivity contribution in [2.45, 2.75) is 45.1 Å². The number of thioether (sulfide) groups is 1. The van der Waals surface area contributed by atoms with E-state index in [1.807, 2.05) is 0 Å². The lowest BCUT2D eigenvalue weighted by atomic mass is 9.89. The average Bonchev–Trinajstić information content (AvgIpc) is 3.01. The molecule has 2 heterocycles. The second-order valence-electron chi connectivity index (χ2n) is 6.23. The molecule has 0 aliphatic carbocycles. The molecule has 1 unspecified atom stereocenters. The third-order valence-electron chi connectivity index (χ3n) is 4.67. The van der Waals surface area contributed by atoms with Gasteiger partial charge in [0, 0.05) is 18.0 Å². The minimum atomic E-state index is 0.464. The number of ether oxygens (including phenoxy) is 1. The fourth-order valence-corrected chi connectivity index (χ4v) is 4.67. The average molecular weight is 305 g/mol. The van der Waals surface area contributed by atoms with Crippen molar-refractivity contribution >= 4 is 11.8 Å². The molecule has 2 aliphatic rings. The lowest BCUT2D eigenvalue weighted by Crippen LogP contribution is -2.26. The number of hydrogen-bond acceptors (Lipinski definition) is 3. The molecule has 21 heavy (non-hydrogen) atoms.